The van der Waals surface area contributed by atoms with Crippen molar-refractivity contribution in [3.63, 3.8) is 0 Å². The van der Waals surface area contributed by atoms with Crippen LogP contribution in [0.4, 0.5) is 0 Å². The van der Waals surface area contributed by atoms with Gasteiger partial charge in [-0.25, -0.2) is 0 Å². The minimum atomic E-state index is -4.10. The van der Waals surface area contributed by atoms with Gasteiger partial charge in [0.05, 0.1) is 0 Å². The summed E-state index contributed by atoms with van der Waals surface area (Å²) in [5, 5.41) is 37.5. The van der Waals surface area contributed by atoms with Gasteiger partial charge in [-0.1, -0.05) is 65.8 Å². The molecule has 0 saturated heterocycles. The predicted octanol–water partition coefficient (Wildman–Crippen LogP) is 0.334. The predicted molar refractivity (Wildman–Crippen MR) is 174 cm³/mol. The number of rotatable bonds is 4. The average Bonchev–Trinajstić information content (AvgIpc) is 2.98. The molecule has 4 rings (SSSR count). The number of pyridine rings is 4. The van der Waals surface area contributed by atoms with E-state index in [1.165, 1.54) is 90.6 Å². The Morgan fingerprint density at radius 1 is 0.490 bits per heavy atom. The topological polar surface area (TPSA) is 316 Å². The third kappa shape index (κ3) is 16.6. The molecule has 0 aliphatic heterocycles. The van der Waals surface area contributed by atoms with Crippen LogP contribution in [0.1, 0.15) is 64.3 Å². The first-order chi connectivity index (χ1) is 20.9. The molecule has 10 N–H and O–H groups in total. The zero-order valence-electron chi connectivity index (χ0n) is 27.5. The van der Waals surface area contributed by atoms with Crippen LogP contribution in [0.3, 0.4) is 0 Å². The van der Waals surface area contributed by atoms with Crippen molar-refractivity contribution < 1.29 is 77.2 Å². The van der Waals surface area contributed by atoms with Crippen LogP contribution in [-0.4, -0.2) is 71.4 Å². The standard InChI is InChI=1S/2C11H10N2O2.2C4H11O3P.Cu.2H2O/c2*14-11(15,9-5-1-3-7-12-9)10-6-2-4-8-13-10;2*1-4(2,3)8(5,6)7;;;/h2*1-8,14-15H;2*1-3H3,(H2,5,6,7);;2*1H2/q;;;;+2;;/p-2. The van der Waals surface area contributed by atoms with Gasteiger partial charge in [0.15, 0.2) is 0 Å². The summed E-state index contributed by atoms with van der Waals surface area (Å²) in [5.74, 6) is -4.27. The van der Waals surface area contributed by atoms with E-state index >= 15 is 0 Å². The molecule has 277 valence electrons. The summed E-state index contributed by atoms with van der Waals surface area (Å²) < 4.78 is 20.5. The van der Waals surface area contributed by atoms with Gasteiger partial charge in [-0.15, -0.1) is 0 Å². The van der Waals surface area contributed by atoms with Gasteiger partial charge in [0, 0.05) is 35.1 Å². The number of aliphatic hydroxyl groups is 4. The molecule has 49 heavy (non-hydrogen) atoms. The first kappa shape index (κ1) is 50.6. The zero-order chi connectivity index (χ0) is 35.5. The van der Waals surface area contributed by atoms with Gasteiger partial charge in [0.25, 0.3) is 11.6 Å². The van der Waals surface area contributed by atoms with Crippen LogP contribution in [0, 0.1) is 0 Å². The van der Waals surface area contributed by atoms with Gasteiger partial charge >= 0.3 is 17.1 Å². The molecule has 19 heteroatoms. The molecule has 0 fully saturated rings. The van der Waals surface area contributed by atoms with Crippen LogP contribution in [0.5, 0.6) is 0 Å². The number of hydrogen-bond donors (Lipinski definition) is 6. The van der Waals surface area contributed by atoms with E-state index in [9.17, 15) is 39.3 Å². The van der Waals surface area contributed by atoms with E-state index in [2.05, 4.69) is 19.9 Å². The third-order valence-corrected chi connectivity index (χ3v) is 9.17. The Morgan fingerprint density at radius 3 is 0.755 bits per heavy atom. The maximum Gasteiger partial charge on any atom is 2.00 e. The van der Waals surface area contributed by atoms with E-state index in [1.807, 2.05) is 0 Å². The number of hydrogen-bond acceptors (Lipinski definition) is 12. The summed E-state index contributed by atoms with van der Waals surface area (Å²) in [5.41, 5.74) is 0.625. The molecule has 0 aliphatic carbocycles. The van der Waals surface area contributed by atoms with E-state index in [1.54, 1.807) is 48.5 Å². The Hall–Kier alpha value is -2.82. The van der Waals surface area contributed by atoms with Crippen LogP contribution in [-0.2, 0) is 37.8 Å². The van der Waals surface area contributed by atoms with Crippen LogP contribution in [0.15, 0.2) is 97.6 Å². The fourth-order valence-electron chi connectivity index (χ4n) is 2.54. The molecule has 4 heterocycles. The van der Waals surface area contributed by atoms with Gasteiger partial charge in [-0.05, 0) is 48.5 Å². The molecule has 4 aromatic heterocycles. The summed E-state index contributed by atoms with van der Waals surface area (Å²) in [6.45, 7) is 8.67. The minimum absolute atomic E-state index is 0. The summed E-state index contributed by atoms with van der Waals surface area (Å²) in [7, 11) is -8.20. The maximum atomic E-state index is 10.2. The average molecular weight is 778 g/mol. The molecule has 4 aromatic rings. The van der Waals surface area contributed by atoms with Crippen molar-refractivity contribution in [2.75, 3.05) is 0 Å². The smallest absolute Gasteiger partial charge is 0.778 e. The molecular weight excluding hydrogens is 734 g/mol. The Morgan fingerprint density at radius 2 is 0.653 bits per heavy atom. The van der Waals surface area contributed by atoms with Gasteiger partial charge < -0.3 is 60.1 Å². The van der Waals surface area contributed by atoms with Gasteiger partial charge in [-0.2, -0.15) is 0 Å². The first-order valence-electron chi connectivity index (χ1n) is 13.6. The number of aromatic nitrogens is 4. The van der Waals surface area contributed by atoms with Crippen molar-refractivity contribution in [2.45, 2.75) is 63.4 Å². The zero-order valence-corrected chi connectivity index (χ0v) is 30.3. The third-order valence-electron chi connectivity index (χ3n) is 5.78. The second kappa shape index (κ2) is 20.8. The second-order valence-electron chi connectivity index (χ2n) is 11.6. The van der Waals surface area contributed by atoms with Crippen molar-refractivity contribution in [1.82, 2.24) is 19.9 Å². The van der Waals surface area contributed by atoms with Crippen molar-refractivity contribution in [1.29, 1.82) is 0 Å². The quantitative estimate of drug-likeness (QED) is 0.0925. The number of nitrogens with zero attached hydrogens (tertiary/aromatic N) is 4. The molecule has 0 aliphatic rings. The molecule has 16 nitrogen and oxygen atoms in total. The fraction of sp³-hybridized carbons (Fsp3) is 0.333. The van der Waals surface area contributed by atoms with E-state index in [0.29, 0.717) is 0 Å². The Labute approximate surface area is 295 Å². The van der Waals surface area contributed by atoms with E-state index in [0.717, 1.165) is 0 Å². The van der Waals surface area contributed by atoms with Gasteiger partial charge in [0.2, 0.25) is 0 Å². The van der Waals surface area contributed by atoms with Crippen molar-refractivity contribution >= 4 is 15.2 Å². The summed E-state index contributed by atoms with van der Waals surface area (Å²) in [6.07, 6.45) is 6.00. The molecule has 0 amide bonds. The summed E-state index contributed by atoms with van der Waals surface area (Å²) in [4.78, 5) is 52.7. The molecule has 2 unspecified atom stereocenters. The molecule has 0 bridgehead atoms. The molecule has 1 radical (unpaired) electrons. The molecule has 0 spiro atoms. The molecule has 0 aromatic carbocycles. The van der Waals surface area contributed by atoms with E-state index in [-0.39, 0.29) is 50.8 Å². The van der Waals surface area contributed by atoms with Crippen molar-refractivity contribution in [2.24, 2.45) is 0 Å². The fourth-order valence-corrected chi connectivity index (χ4v) is 2.54. The van der Waals surface area contributed by atoms with Crippen LogP contribution >= 0.6 is 15.2 Å². The van der Waals surface area contributed by atoms with Crippen LogP contribution < -0.4 is 9.79 Å². The van der Waals surface area contributed by atoms with Crippen molar-refractivity contribution in [3.05, 3.63) is 120 Å². The second-order valence-corrected chi connectivity index (χ2v) is 16.4. The first-order valence-corrected chi connectivity index (χ1v) is 16.7. The summed E-state index contributed by atoms with van der Waals surface area (Å²) >= 11 is 0. The van der Waals surface area contributed by atoms with Gasteiger partial charge in [0.1, 0.15) is 38.0 Å². The Balaban J connectivity index is -0.000000590. The largest absolute Gasteiger partial charge is 2.00 e. The van der Waals surface area contributed by atoms with Gasteiger partial charge in [-0.3, -0.25) is 19.9 Å². The minimum Gasteiger partial charge on any atom is -0.778 e. The van der Waals surface area contributed by atoms with Crippen molar-refractivity contribution in [3.8, 4) is 0 Å². The molecular formula is C30H44CuN4O12P2. The summed E-state index contributed by atoms with van der Waals surface area (Å²) in [6, 6.07) is 19.7. The van der Waals surface area contributed by atoms with Crippen LogP contribution in [0.2, 0.25) is 0 Å². The maximum absolute atomic E-state index is 10.2. The Bertz CT molecular complexity index is 1350. The normalized spacial score (nSPS) is 13.5. The van der Waals surface area contributed by atoms with E-state index < -0.39 is 37.1 Å². The Kier molecular flexibility index (Phi) is 21.4. The van der Waals surface area contributed by atoms with E-state index in [4.69, 9.17) is 9.79 Å². The molecule has 2 atom stereocenters. The van der Waals surface area contributed by atoms with Crippen LogP contribution in [0.25, 0.3) is 0 Å². The SMILES string of the molecule is CC(C)(C)P(=O)([O-])O.CC(C)(C)P(=O)([O-])O.O.O.OC(O)(c1ccccn1)c1ccccn1.OC(O)(c1ccccn1)c1ccccn1.[Cu+2]. The molecule has 0 saturated carbocycles. The monoisotopic (exact) mass is 777 g/mol.